The van der Waals surface area contributed by atoms with E-state index < -0.39 is 0 Å². The van der Waals surface area contributed by atoms with Crippen LogP contribution in [0.1, 0.15) is 84.5 Å². The van der Waals surface area contributed by atoms with Crippen molar-refractivity contribution >= 4 is 0 Å². The van der Waals surface area contributed by atoms with Gasteiger partial charge < -0.3 is 5.32 Å². The smallest absolute Gasteiger partial charge is 0.0609 e. The SMILES string of the molecule is C=C1CC2CCCC(C)(CCCCC)CC2NC2=C=CCCC12. The predicted octanol–water partition coefficient (Wildman–Crippen LogP) is 6.13. The van der Waals surface area contributed by atoms with Crippen molar-refractivity contribution in [3.05, 3.63) is 29.7 Å². The van der Waals surface area contributed by atoms with Gasteiger partial charge in [-0.25, -0.2) is 0 Å². The van der Waals surface area contributed by atoms with E-state index in [1.165, 1.54) is 81.9 Å². The van der Waals surface area contributed by atoms with Crippen LogP contribution in [0.15, 0.2) is 29.7 Å². The maximum absolute atomic E-state index is 4.46. The van der Waals surface area contributed by atoms with Gasteiger partial charge in [0.05, 0.1) is 5.70 Å². The first kappa shape index (κ1) is 16.9. The van der Waals surface area contributed by atoms with Crippen LogP contribution < -0.4 is 5.32 Å². The summed E-state index contributed by atoms with van der Waals surface area (Å²) < 4.78 is 0. The Labute approximate surface area is 143 Å². The molecule has 0 aromatic carbocycles. The van der Waals surface area contributed by atoms with Crippen molar-refractivity contribution < 1.29 is 0 Å². The van der Waals surface area contributed by atoms with E-state index in [2.05, 4.69) is 37.6 Å². The number of hydrogen-bond donors (Lipinski definition) is 1. The van der Waals surface area contributed by atoms with Crippen LogP contribution in [0.2, 0.25) is 0 Å². The summed E-state index contributed by atoms with van der Waals surface area (Å²) >= 11 is 0. The molecule has 1 N–H and O–H groups in total. The van der Waals surface area contributed by atoms with Crippen molar-refractivity contribution in [1.82, 2.24) is 5.32 Å². The molecule has 1 saturated heterocycles. The van der Waals surface area contributed by atoms with E-state index in [0.717, 1.165) is 5.92 Å². The van der Waals surface area contributed by atoms with E-state index in [1.54, 1.807) is 0 Å². The third-order valence-electron chi connectivity index (χ3n) is 6.58. The van der Waals surface area contributed by atoms with Crippen molar-refractivity contribution in [3.8, 4) is 0 Å². The number of hydrogen-bond acceptors (Lipinski definition) is 1. The molecule has 1 aliphatic heterocycles. The zero-order chi connectivity index (χ0) is 16.3. The summed E-state index contributed by atoms with van der Waals surface area (Å²) in [6.45, 7) is 9.32. The zero-order valence-electron chi connectivity index (χ0n) is 15.3. The van der Waals surface area contributed by atoms with Crippen LogP contribution in [-0.4, -0.2) is 6.04 Å². The zero-order valence-corrected chi connectivity index (χ0v) is 15.3. The first-order valence-electron chi connectivity index (χ1n) is 10.0. The number of fused-ring (bicyclic) bond motifs is 2. The van der Waals surface area contributed by atoms with Crippen molar-refractivity contribution in [2.75, 3.05) is 0 Å². The summed E-state index contributed by atoms with van der Waals surface area (Å²) in [4.78, 5) is 0. The number of nitrogens with one attached hydrogen (secondary N) is 1. The molecule has 0 spiro atoms. The quantitative estimate of drug-likeness (QED) is 0.374. The molecule has 1 nitrogen and oxygen atoms in total. The van der Waals surface area contributed by atoms with Gasteiger partial charge in [0.25, 0.3) is 0 Å². The van der Waals surface area contributed by atoms with E-state index in [1.807, 2.05) is 0 Å². The van der Waals surface area contributed by atoms with E-state index >= 15 is 0 Å². The van der Waals surface area contributed by atoms with Crippen LogP contribution in [0, 0.1) is 17.3 Å². The standard InChI is InChI=1S/C22H35N/c1-4-5-8-13-22(3)14-9-10-18-15-17(2)19-11-6-7-12-20(19)23-21(18)16-22/h7,18-19,21,23H,2,4-6,8-11,13-16H2,1,3H3. The lowest BCUT2D eigenvalue weighted by Gasteiger charge is -2.34. The molecule has 0 aromatic rings. The summed E-state index contributed by atoms with van der Waals surface area (Å²) in [7, 11) is 0. The van der Waals surface area contributed by atoms with Crippen molar-refractivity contribution in [2.24, 2.45) is 17.3 Å². The topological polar surface area (TPSA) is 12.0 Å². The summed E-state index contributed by atoms with van der Waals surface area (Å²) in [6, 6.07) is 0.639. The monoisotopic (exact) mass is 313 g/mol. The average molecular weight is 314 g/mol. The molecular weight excluding hydrogens is 278 g/mol. The van der Waals surface area contributed by atoms with Crippen LogP contribution in [-0.2, 0) is 0 Å². The van der Waals surface area contributed by atoms with Crippen molar-refractivity contribution in [1.29, 1.82) is 0 Å². The minimum Gasteiger partial charge on any atom is -0.379 e. The lowest BCUT2D eigenvalue weighted by atomic mass is 9.76. The fraction of sp³-hybridized carbons (Fsp3) is 0.773. The van der Waals surface area contributed by atoms with Gasteiger partial charge in [0, 0.05) is 12.0 Å². The lowest BCUT2D eigenvalue weighted by molar-refractivity contribution is 0.215. The molecule has 4 atom stereocenters. The molecule has 0 aromatic heterocycles. The molecule has 23 heavy (non-hydrogen) atoms. The Hall–Kier alpha value is -0.940. The number of rotatable bonds is 4. The minimum absolute atomic E-state index is 0.529. The maximum atomic E-state index is 4.46. The van der Waals surface area contributed by atoms with Crippen LogP contribution in [0.4, 0.5) is 0 Å². The summed E-state index contributed by atoms with van der Waals surface area (Å²) in [5.41, 5.74) is 6.89. The van der Waals surface area contributed by atoms with Crippen molar-refractivity contribution in [3.63, 3.8) is 0 Å². The van der Waals surface area contributed by atoms with Gasteiger partial charge in [0.15, 0.2) is 0 Å². The second kappa shape index (κ2) is 7.31. The number of allylic oxidation sites excluding steroid dienone is 1. The molecule has 2 aliphatic carbocycles. The van der Waals surface area contributed by atoms with Gasteiger partial charge >= 0.3 is 0 Å². The molecule has 4 unspecified atom stereocenters. The maximum Gasteiger partial charge on any atom is 0.0609 e. The minimum atomic E-state index is 0.529. The van der Waals surface area contributed by atoms with Crippen LogP contribution in [0.5, 0.6) is 0 Å². The van der Waals surface area contributed by atoms with Gasteiger partial charge in [0.2, 0.25) is 0 Å². The molecule has 0 bridgehead atoms. The molecule has 3 rings (SSSR count). The molecule has 3 aliphatic rings. The van der Waals surface area contributed by atoms with E-state index in [-0.39, 0.29) is 0 Å². The highest BCUT2D eigenvalue weighted by Crippen LogP contribution is 2.45. The molecule has 128 valence electrons. The first-order valence-corrected chi connectivity index (χ1v) is 10.0. The highest BCUT2D eigenvalue weighted by molar-refractivity contribution is 5.24. The van der Waals surface area contributed by atoms with Gasteiger partial charge in [-0.2, -0.15) is 0 Å². The van der Waals surface area contributed by atoms with Crippen LogP contribution >= 0.6 is 0 Å². The Morgan fingerprint density at radius 2 is 2.22 bits per heavy atom. The van der Waals surface area contributed by atoms with Crippen LogP contribution in [0.3, 0.4) is 0 Å². The lowest BCUT2D eigenvalue weighted by Crippen LogP contribution is -2.37. The Bertz CT molecular complexity index is 496. The van der Waals surface area contributed by atoms with Crippen molar-refractivity contribution in [2.45, 2.75) is 90.5 Å². The van der Waals surface area contributed by atoms with E-state index in [4.69, 9.17) is 0 Å². The summed E-state index contributed by atoms with van der Waals surface area (Å²) in [6.07, 6.45) is 16.9. The average Bonchev–Trinajstić information content (AvgIpc) is 2.75. The third kappa shape index (κ3) is 3.94. The largest absolute Gasteiger partial charge is 0.379 e. The van der Waals surface area contributed by atoms with Gasteiger partial charge in [-0.15, -0.1) is 5.73 Å². The molecule has 1 heterocycles. The molecule has 1 heteroatoms. The first-order chi connectivity index (χ1) is 11.1. The normalized spacial score (nSPS) is 37.0. The molecule has 2 fully saturated rings. The fourth-order valence-electron chi connectivity index (χ4n) is 5.14. The molecule has 0 amide bonds. The van der Waals surface area contributed by atoms with Gasteiger partial charge in [-0.1, -0.05) is 51.7 Å². The van der Waals surface area contributed by atoms with Gasteiger partial charge in [0.1, 0.15) is 0 Å². The third-order valence-corrected chi connectivity index (χ3v) is 6.58. The second-order valence-electron chi connectivity index (χ2n) is 8.63. The molecular formula is C22H35N. The van der Waals surface area contributed by atoms with Gasteiger partial charge in [-0.3, -0.25) is 0 Å². The Balaban J connectivity index is 1.76. The molecule has 1 saturated carbocycles. The number of unbranched alkanes of at least 4 members (excludes halogenated alkanes) is 2. The Morgan fingerprint density at radius 3 is 3.04 bits per heavy atom. The Morgan fingerprint density at radius 1 is 1.35 bits per heavy atom. The van der Waals surface area contributed by atoms with Crippen LogP contribution in [0.25, 0.3) is 0 Å². The Kier molecular flexibility index (Phi) is 5.37. The highest BCUT2D eigenvalue weighted by Gasteiger charge is 2.38. The van der Waals surface area contributed by atoms with E-state index in [0.29, 0.717) is 17.4 Å². The molecule has 0 radical (unpaired) electrons. The predicted molar refractivity (Wildman–Crippen MR) is 99.2 cm³/mol. The second-order valence-corrected chi connectivity index (χ2v) is 8.63. The summed E-state index contributed by atoms with van der Waals surface area (Å²) in [5.74, 6) is 1.34. The van der Waals surface area contributed by atoms with E-state index in [9.17, 15) is 0 Å². The fourth-order valence-corrected chi connectivity index (χ4v) is 5.14. The highest BCUT2D eigenvalue weighted by atomic mass is 15.0. The van der Waals surface area contributed by atoms with Gasteiger partial charge in [-0.05, 0) is 62.4 Å². The summed E-state index contributed by atoms with van der Waals surface area (Å²) in [5, 5.41) is 3.95.